The Bertz CT molecular complexity index is 2840. The second-order valence-corrected chi connectivity index (χ2v) is 21.4. The van der Waals surface area contributed by atoms with E-state index in [1.807, 2.05) is 91.8 Å². The van der Waals surface area contributed by atoms with Crippen molar-refractivity contribution in [3.8, 4) is 34.2 Å². The zero-order valence-electron chi connectivity index (χ0n) is 41.7. The third kappa shape index (κ3) is 7.48. The maximum absolute atomic E-state index is 5.32. The van der Waals surface area contributed by atoms with Gasteiger partial charge < -0.3 is 14.7 Å². The number of benzene rings is 3. The first-order valence-corrected chi connectivity index (χ1v) is 23.7. The molecule has 0 saturated carbocycles. The number of hydrogen-bond donors (Lipinski definition) is 0. The second-order valence-electron chi connectivity index (χ2n) is 21.4. The van der Waals surface area contributed by atoms with Crippen LogP contribution in [0.4, 0.5) is 17.1 Å². The Labute approximate surface area is 406 Å². The van der Waals surface area contributed by atoms with Crippen LogP contribution in [-0.4, -0.2) is 80.6 Å². The van der Waals surface area contributed by atoms with Gasteiger partial charge in [0.25, 0.3) is 0 Å². The van der Waals surface area contributed by atoms with Gasteiger partial charge in [-0.2, -0.15) is 0 Å². The molecule has 7 heterocycles. The highest BCUT2D eigenvalue weighted by Crippen LogP contribution is 2.46. The van der Waals surface area contributed by atoms with Crippen molar-refractivity contribution >= 4 is 34.6 Å². The molecule has 7 aromatic rings. The molecular weight excluding hydrogens is 853 g/mol. The number of anilines is 3. The number of rotatable bonds is 9. The van der Waals surface area contributed by atoms with Crippen molar-refractivity contribution in [2.75, 3.05) is 14.7 Å². The average molecular weight is 913 g/mol. The van der Waals surface area contributed by atoms with Gasteiger partial charge in [-0.25, -0.2) is 15.0 Å². The lowest BCUT2D eigenvalue weighted by Gasteiger charge is -2.41. The lowest BCUT2D eigenvalue weighted by molar-refractivity contribution is 0.338. The molecular formula is C57H60N12. The van der Waals surface area contributed by atoms with Crippen molar-refractivity contribution in [2.24, 2.45) is 15.0 Å². The fraction of sp³-hybridized carbons (Fsp3) is 0.316. The summed E-state index contributed by atoms with van der Waals surface area (Å²) in [6, 6.07) is 37.3. The van der Waals surface area contributed by atoms with E-state index in [9.17, 15) is 0 Å². The SMILES string of the molecule is CC1(C)N=C(c2ccccc2)N(c2cncc(-c3nc(-c4cncc(N5C(c6ccccc6)=NC(C)(C)C5(C)C)c4)nc(-c4cncc(N5C(c6ccccc6)=NC(C)(C)C5(C)C)c4)n3)c2)C1(C)C. The largest absolute Gasteiger partial charge is 0.317 e. The van der Waals surface area contributed by atoms with Crippen LogP contribution in [0.3, 0.4) is 0 Å². The van der Waals surface area contributed by atoms with Gasteiger partial charge in [-0.1, -0.05) is 91.0 Å². The normalized spacial score (nSPS) is 19.3. The van der Waals surface area contributed by atoms with Crippen LogP contribution in [0.2, 0.25) is 0 Å². The number of aromatic nitrogens is 6. The van der Waals surface area contributed by atoms with Crippen LogP contribution in [0.15, 0.2) is 161 Å². The minimum absolute atomic E-state index is 0.411. The van der Waals surface area contributed by atoms with Crippen molar-refractivity contribution in [2.45, 2.75) is 116 Å². The molecule has 0 radical (unpaired) electrons. The van der Waals surface area contributed by atoms with E-state index >= 15 is 0 Å². The van der Waals surface area contributed by atoms with Crippen LogP contribution in [0.25, 0.3) is 34.2 Å². The molecule has 10 rings (SSSR count). The van der Waals surface area contributed by atoms with E-state index in [0.717, 1.165) is 67.9 Å². The summed E-state index contributed by atoms with van der Waals surface area (Å²) in [6.07, 6.45) is 11.1. The van der Waals surface area contributed by atoms with Crippen LogP contribution >= 0.6 is 0 Å². The molecule has 69 heavy (non-hydrogen) atoms. The summed E-state index contributed by atoms with van der Waals surface area (Å²) in [5.41, 5.74) is 5.41. The predicted octanol–water partition coefficient (Wildman–Crippen LogP) is 11.5. The molecule has 0 saturated heterocycles. The molecule has 0 unspecified atom stereocenters. The third-order valence-corrected chi connectivity index (χ3v) is 15.4. The zero-order chi connectivity index (χ0) is 48.7. The predicted molar refractivity (Wildman–Crippen MR) is 280 cm³/mol. The monoisotopic (exact) mass is 913 g/mol. The van der Waals surface area contributed by atoms with Gasteiger partial charge in [-0.15, -0.1) is 0 Å². The Hall–Kier alpha value is -7.47. The van der Waals surface area contributed by atoms with E-state index in [2.05, 4.69) is 152 Å². The molecule has 3 aromatic carbocycles. The molecule has 12 nitrogen and oxygen atoms in total. The van der Waals surface area contributed by atoms with Crippen LogP contribution in [0, 0.1) is 0 Å². The van der Waals surface area contributed by atoms with Gasteiger partial charge in [0.1, 0.15) is 17.5 Å². The first kappa shape index (κ1) is 45.3. The molecule has 0 fully saturated rings. The molecule has 348 valence electrons. The zero-order valence-corrected chi connectivity index (χ0v) is 41.7. The molecule has 3 aliphatic rings. The summed E-state index contributed by atoms with van der Waals surface area (Å²) < 4.78 is 0. The third-order valence-electron chi connectivity index (χ3n) is 15.4. The van der Waals surface area contributed by atoms with Gasteiger partial charge >= 0.3 is 0 Å². The van der Waals surface area contributed by atoms with E-state index in [1.165, 1.54) is 0 Å². The summed E-state index contributed by atoms with van der Waals surface area (Å²) in [7, 11) is 0. The first-order valence-electron chi connectivity index (χ1n) is 23.7. The molecule has 12 heteroatoms. The van der Waals surface area contributed by atoms with E-state index < -0.39 is 33.2 Å². The van der Waals surface area contributed by atoms with E-state index in [0.29, 0.717) is 17.5 Å². The summed E-state index contributed by atoms with van der Waals surface area (Å²) in [5.74, 6) is 4.01. The van der Waals surface area contributed by atoms with Crippen LogP contribution in [-0.2, 0) is 0 Å². The number of nitrogens with zero attached hydrogens (tertiary/aromatic N) is 12. The Kier molecular flexibility index (Phi) is 10.6. The van der Waals surface area contributed by atoms with E-state index in [4.69, 9.17) is 44.9 Å². The first-order chi connectivity index (χ1) is 32.7. The molecule has 4 aromatic heterocycles. The molecule has 3 aliphatic heterocycles. The summed E-state index contributed by atoms with van der Waals surface area (Å²) >= 11 is 0. The van der Waals surface area contributed by atoms with Crippen molar-refractivity contribution < 1.29 is 0 Å². The van der Waals surface area contributed by atoms with E-state index in [1.54, 1.807) is 0 Å². The van der Waals surface area contributed by atoms with Gasteiger partial charge in [-0.3, -0.25) is 29.9 Å². The van der Waals surface area contributed by atoms with Crippen molar-refractivity contribution in [3.05, 3.63) is 163 Å². The number of hydrogen-bond acceptors (Lipinski definition) is 12. The maximum atomic E-state index is 5.32. The van der Waals surface area contributed by atoms with Gasteiger partial charge in [-0.05, 0) is 101 Å². The highest BCUT2D eigenvalue weighted by molar-refractivity contribution is 6.14. The lowest BCUT2D eigenvalue weighted by atomic mass is 9.83. The van der Waals surface area contributed by atoms with Crippen molar-refractivity contribution in [3.63, 3.8) is 0 Å². The van der Waals surface area contributed by atoms with Gasteiger partial charge in [0.2, 0.25) is 0 Å². The summed E-state index contributed by atoms with van der Waals surface area (Å²) in [4.78, 5) is 53.2. The highest BCUT2D eigenvalue weighted by Gasteiger charge is 2.52. The molecule has 0 atom stereocenters. The molecule has 0 bridgehead atoms. The Balaban J connectivity index is 1.13. The second kappa shape index (κ2) is 16.1. The quantitative estimate of drug-likeness (QED) is 0.139. The average Bonchev–Trinajstić information content (AvgIpc) is 3.76. The van der Waals surface area contributed by atoms with Crippen LogP contribution < -0.4 is 14.7 Å². The van der Waals surface area contributed by atoms with Gasteiger partial charge in [0, 0.05) is 52.0 Å². The summed E-state index contributed by atoms with van der Waals surface area (Å²) in [5, 5.41) is 0. The Morgan fingerprint density at radius 2 is 0.551 bits per heavy atom. The number of aliphatic imine (C=N–C) groups is 3. The van der Waals surface area contributed by atoms with Crippen LogP contribution in [0.5, 0.6) is 0 Å². The minimum atomic E-state index is -0.411. The van der Waals surface area contributed by atoms with E-state index in [-0.39, 0.29) is 0 Å². The highest BCUT2D eigenvalue weighted by atomic mass is 15.4. The summed E-state index contributed by atoms with van der Waals surface area (Å²) in [6.45, 7) is 26.4. The topological polar surface area (TPSA) is 124 Å². The minimum Gasteiger partial charge on any atom is -0.317 e. The molecule has 0 aliphatic carbocycles. The molecule has 0 spiro atoms. The van der Waals surface area contributed by atoms with Crippen LogP contribution in [0.1, 0.15) is 99.8 Å². The van der Waals surface area contributed by atoms with Crippen molar-refractivity contribution in [1.29, 1.82) is 0 Å². The fourth-order valence-corrected chi connectivity index (χ4v) is 9.43. The Morgan fingerprint density at radius 3 is 0.797 bits per heavy atom. The number of pyridine rings is 3. The van der Waals surface area contributed by atoms with Gasteiger partial charge in [0.05, 0.1) is 68.9 Å². The Morgan fingerprint density at radius 1 is 0.304 bits per heavy atom. The van der Waals surface area contributed by atoms with Gasteiger partial charge in [0.15, 0.2) is 17.5 Å². The molecule has 0 amide bonds. The standard InChI is InChI=1S/C57H60N12/c1-52(2)55(7,8)67(49(64-52)37-22-16-13-17-23-37)43-28-40(31-58-34-43)46-61-47(41-29-44(35-59-32-41)68-50(38-24-18-14-19-25-38)65-53(3,4)56(68,9)10)63-48(62-46)42-30-45(36-60-33-42)69-51(39-26-20-15-21-27-39)66-54(5,6)57(69,11)12/h13-36H,1-12H3. The maximum Gasteiger partial charge on any atom is 0.165 e. The lowest BCUT2D eigenvalue weighted by Crippen LogP contribution is -2.53. The number of amidine groups is 3. The molecule has 0 N–H and O–H groups in total. The fourth-order valence-electron chi connectivity index (χ4n) is 9.43. The van der Waals surface area contributed by atoms with Crippen molar-refractivity contribution in [1.82, 2.24) is 29.9 Å². The smallest absolute Gasteiger partial charge is 0.165 e.